The highest BCUT2D eigenvalue weighted by Gasteiger charge is 2.43. The Labute approximate surface area is 116 Å². The lowest BCUT2D eigenvalue weighted by molar-refractivity contribution is -0.137. The summed E-state index contributed by atoms with van der Waals surface area (Å²) in [5, 5.41) is 11.6. The molecule has 0 aliphatic carbocycles. The molecule has 108 valence electrons. The van der Waals surface area contributed by atoms with Gasteiger partial charge in [-0.2, -0.15) is 0 Å². The third-order valence-electron chi connectivity index (χ3n) is 3.73. The summed E-state index contributed by atoms with van der Waals surface area (Å²) >= 11 is 0. The quantitative estimate of drug-likeness (QED) is 0.671. The number of likely N-dealkylation sites (tertiary alicyclic amines) is 1. The van der Waals surface area contributed by atoms with Crippen LogP contribution in [0.4, 0.5) is 4.79 Å². The van der Waals surface area contributed by atoms with Crippen molar-refractivity contribution in [1.29, 1.82) is 0 Å². The first-order chi connectivity index (χ1) is 9.54. The number of hydrogen-bond donors (Lipinski definition) is 2. The third-order valence-corrected chi connectivity index (χ3v) is 3.73. The Balaban J connectivity index is 2.12. The van der Waals surface area contributed by atoms with Gasteiger partial charge in [0.1, 0.15) is 6.54 Å². The molecule has 2 heterocycles. The standard InChI is InChI=1S/C13H17N3O4/c1-2-5-15(8-11(17)18)13(20)16-6-3-4-9-10(16)7-14-12(9)19/h1,9-10H,3-8H2,(H,14,19)(H,17,18). The molecular formula is C13H17N3O4. The molecule has 0 bridgehead atoms. The molecule has 7 nitrogen and oxygen atoms in total. The lowest BCUT2D eigenvalue weighted by Gasteiger charge is -2.38. The molecule has 0 saturated carbocycles. The van der Waals surface area contributed by atoms with Crippen LogP contribution in [0.5, 0.6) is 0 Å². The zero-order valence-corrected chi connectivity index (χ0v) is 11.0. The number of piperidine rings is 1. The summed E-state index contributed by atoms with van der Waals surface area (Å²) in [5.74, 6) is 0.963. The highest BCUT2D eigenvalue weighted by Crippen LogP contribution is 2.28. The van der Waals surface area contributed by atoms with E-state index in [0.717, 1.165) is 17.7 Å². The number of nitrogens with one attached hydrogen (secondary N) is 1. The first-order valence-corrected chi connectivity index (χ1v) is 6.53. The molecule has 0 radical (unpaired) electrons. The Hall–Kier alpha value is -2.23. The van der Waals surface area contributed by atoms with E-state index in [2.05, 4.69) is 11.2 Å². The van der Waals surface area contributed by atoms with E-state index in [0.29, 0.717) is 13.1 Å². The Kier molecular flexibility index (Phi) is 4.13. The summed E-state index contributed by atoms with van der Waals surface area (Å²) in [6, 6.07) is -0.602. The van der Waals surface area contributed by atoms with E-state index >= 15 is 0 Å². The summed E-state index contributed by atoms with van der Waals surface area (Å²) in [6.45, 7) is 0.459. The molecule has 2 rings (SSSR count). The van der Waals surface area contributed by atoms with Crippen LogP contribution in [0.25, 0.3) is 0 Å². The fourth-order valence-corrected chi connectivity index (χ4v) is 2.84. The van der Waals surface area contributed by atoms with Crippen molar-refractivity contribution < 1.29 is 19.5 Å². The van der Waals surface area contributed by atoms with Crippen LogP contribution in [0.3, 0.4) is 0 Å². The second-order valence-corrected chi connectivity index (χ2v) is 4.99. The minimum atomic E-state index is -1.11. The fourth-order valence-electron chi connectivity index (χ4n) is 2.84. The summed E-state index contributed by atoms with van der Waals surface area (Å²) in [5.41, 5.74) is 0. The Morgan fingerprint density at radius 1 is 1.55 bits per heavy atom. The SMILES string of the molecule is C#CCN(CC(=O)O)C(=O)N1CCCC2C(=O)NCC21. The van der Waals surface area contributed by atoms with Gasteiger partial charge >= 0.3 is 12.0 Å². The number of carbonyl (C=O) groups excluding carboxylic acids is 2. The van der Waals surface area contributed by atoms with Crippen molar-refractivity contribution in [3.8, 4) is 12.3 Å². The molecule has 20 heavy (non-hydrogen) atoms. The summed E-state index contributed by atoms with van der Waals surface area (Å²) in [4.78, 5) is 37.6. The van der Waals surface area contributed by atoms with Gasteiger partial charge in [-0.15, -0.1) is 6.42 Å². The molecule has 2 atom stereocenters. The maximum Gasteiger partial charge on any atom is 0.323 e. The number of amides is 3. The Morgan fingerprint density at radius 3 is 2.95 bits per heavy atom. The number of carboxylic acids is 1. The van der Waals surface area contributed by atoms with E-state index in [-0.39, 0.29) is 24.4 Å². The monoisotopic (exact) mass is 279 g/mol. The molecule has 0 spiro atoms. The molecule has 3 amide bonds. The number of fused-ring (bicyclic) bond motifs is 1. The van der Waals surface area contributed by atoms with Gasteiger partial charge in [-0.05, 0) is 12.8 Å². The van der Waals surface area contributed by atoms with Crippen LogP contribution in [0, 0.1) is 18.3 Å². The molecule has 0 aromatic rings. The zero-order valence-electron chi connectivity index (χ0n) is 11.0. The molecule has 2 aliphatic heterocycles. The smallest absolute Gasteiger partial charge is 0.323 e. The predicted molar refractivity (Wildman–Crippen MR) is 69.7 cm³/mol. The summed E-state index contributed by atoms with van der Waals surface area (Å²) in [6.07, 6.45) is 6.67. The highest BCUT2D eigenvalue weighted by molar-refractivity contribution is 5.85. The maximum atomic E-state index is 12.4. The van der Waals surface area contributed by atoms with Crippen LogP contribution in [-0.2, 0) is 9.59 Å². The van der Waals surface area contributed by atoms with E-state index in [4.69, 9.17) is 11.5 Å². The van der Waals surface area contributed by atoms with Crippen molar-refractivity contribution in [2.75, 3.05) is 26.2 Å². The van der Waals surface area contributed by atoms with Crippen LogP contribution >= 0.6 is 0 Å². The number of carbonyl (C=O) groups is 3. The van der Waals surface area contributed by atoms with E-state index in [1.54, 1.807) is 4.90 Å². The van der Waals surface area contributed by atoms with Crippen LogP contribution in [0.2, 0.25) is 0 Å². The summed E-state index contributed by atoms with van der Waals surface area (Å²) in [7, 11) is 0. The number of hydrogen-bond acceptors (Lipinski definition) is 3. The van der Waals surface area contributed by atoms with Gasteiger partial charge in [0.15, 0.2) is 0 Å². The normalized spacial score (nSPS) is 24.6. The molecule has 0 aromatic heterocycles. The van der Waals surface area contributed by atoms with E-state index in [1.165, 1.54) is 0 Å². The lowest BCUT2D eigenvalue weighted by Crippen LogP contribution is -2.54. The molecule has 2 N–H and O–H groups in total. The van der Waals surface area contributed by atoms with Gasteiger partial charge in [0.2, 0.25) is 5.91 Å². The molecule has 2 aliphatic rings. The Bertz CT molecular complexity index is 471. The second-order valence-electron chi connectivity index (χ2n) is 4.99. The largest absolute Gasteiger partial charge is 0.480 e. The number of carboxylic acid groups (broad SMARTS) is 1. The fraction of sp³-hybridized carbons (Fsp3) is 0.615. The second kappa shape index (κ2) is 5.82. The Morgan fingerprint density at radius 2 is 2.30 bits per heavy atom. The van der Waals surface area contributed by atoms with Gasteiger partial charge < -0.3 is 20.2 Å². The molecule has 2 unspecified atom stereocenters. The maximum absolute atomic E-state index is 12.4. The molecule has 7 heteroatoms. The van der Waals surface area contributed by atoms with Gasteiger partial charge in [-0.3, -0.25) is 9.59 Å². The van der Waals surface area contributed by atoms with Crippen molar-refractivity contribution in [3.63, 3.8) is 0 Å². The number of terminal acetylenes is 1. The average molecular weight is 279 g/mol. The molecular weight excluding hydrogens is 262 g/mol. The lowest BCUT2D eigenvalue weighted by atomic mass is 9.92. The van der Waals surface area contributed by atoms with Gasteiger partial charge in [0, 0.05) is 13.1 Å². The van der Waals surface area contributed by atoms with E-state index in [9.17, 15) is 14.4 Å². The molecule has 2 fully saturated rings. The number of rotatable bonds is 3. The van der Waals surface area contributed by atoms with Gasteiger partial charge in [0.05, 0.1) is 18.5 Å². The summed E-state index contributed by atoms with van der Waals surface area (Å²) < 4.78 is 0. The average Bonchev–Trinajstić information content (AvgIpc) is 2.79. The first kappa shape index (κ1) is 14.2. The van der Waals surface area contributed by atoms with Crippen molar-refractivity contribution in [2.45, 2.75) is 18.9 Å². The minimum absolute atomic E-state index is 0.0331. The number of aliphatic carboxylic acids is 1. The third kappa shape index (κ3) is 2.69. The van der Waals surface area contributed by atoms with Gasteiger partial charge in [0.25, 0.3) is 0 Å². The van der Waals surface area contributed by atoms with Gasteiger partial charge in [-0.1, -0.05) is 5.92 Å². The first-order valence-electron chi connectivity index (χ1n) is 6.53. The van der Waals surface area contributed by atoms with Gasteiger partial charge in [-0.25, -0.2) is 4.79 Å². The van der Waals surface area contributed by atoms with Crippen LogP contribution < -0.4 is 5.32 Å². The van der Waals surface area contributed by atoms with Crippen LogP contribution in [0.15, 0.2) is 0 Å². The van der Waals surface area contributed by atoms with Crippen molar-refractivity contribution >= 4 is 17.9 Å². The number of nitrogens with zero attached hydrogens (tertiary/aromatic N) is 2. The van der Waals surface area contributed by atoms with Crippen molar-refractivity contribution in [2.24, 2.45) is 5.92 Å². The van der Waals surface area contributed by atoms with Crippen LogP contribution in [-0.4, -0.2) is 65.0 Å². The van der Waals surface area contributed by atoms with Crippen LogP contribution in [0.1, 0.15) is 12.8 Å². The highest BCUT2D eigenvalue weighted by atomic mass is 16.4. The molecule has 0 aromatic carbocycles. The zero-order chi connectivity index (χ0) is 14.7. The predicted octanol–water partition coefficient (Wildman–Crippen LogP) is -0.663. The van der Waals surface area contributed by atoms with E-state index < -0.39 is 18.5 Å². The van der Waals surface area contributed by atoms with E-state index in [1.807, 2.05) is 0 Å². The molecule has 2 saturated heterocycles. The minimum Gasteiger partial charge on any atom is -0.480 e. The van der Waals surface area contributed by atoms with Crippen molar-refractivity contribution in [1.82, 2.24) is 15.1 Å². The topological polar surface area (TPSA) is 90.0 Å². The van der Waals surface area contributed by atoms with Crippen molar-refractivity contribution in [3.05, 3.63) is 0 Å². The number of urea groups is 1.